The lowest BCUT2D eigenvalue weighted by Crippen LogP contribution is -2.05. The maximum atomic E-state index is 4.50. The number of aromatic nitrogens is 3. The molecule has 0 bridgehead atoms. The van der Waals surface area contributed by atoms with E-state index in [-0.39, 0.29) is 0 Å². The van der Waals surface area contributed by atoms with Gasteiger partial charge in [0.25, 0.3) is 0 Å². The van der Waals surface area contributed by atoms with Gasteiger partial charge in [0.05, 0.1) is 6.20 Å². The van der Waals surface area contributed by atoms with Crippen LogP contribution in [0.2, 0.25) is 0 Å². The van der Waals surface area contributed by atoms with Crippen molar-refractivity contribution in [3.63, 3.8) is 0 Å². The zero-order valence-electron chi connectivity index (χ0n) is 12.6. The molecular formula is C19H16N4. The summed E-state index contributed by atoms with van der Waals surface area (Å²) in [7, 11) is 0. The molecule has 0 saturated carbocycles. The fourth-order valence-corrected chi connectivity index (χ4v) is 2.64. The second-order valence-corrected chi connectivity index (χ2v) is 5.33. The first-order valence-electron chi connectivity index (χ1n) is 7.58. The fraction of sp³-hybridized carbons (Fsp3) is 0.0526. The van der Waals surface area contributed by atoms with Gasteiger partial charge in [0.1, 0.15) is 5.82 Å². The second kappa shape index (κ2) is 5.93. The van der Waals surface area contributed by atoms with E-state index in [1.165, 1.54) is 5.56 Å². The van der Waals surface area contributed by atoms with Crippen LogP contribution in [0.4, 0.5) is 5.82 Å². The number of hydrogen-bond donors (Lipinski definition) is 1. The van der Waals surface area contributed by atoms with Crippen molar-refractivity contribution in [3.05, 3.63) is 84.7 Å². The van der Waals surface area contributed by atoms with Crippen LogP contribution < -0.4 is 5.32 Å². The summed E-state index contributed by atoms with van der Waals surface area (Å²) < 4.78 is 1.85. The van der Waals surface area contributed by atoms with Gasteiger partial charge in [-0.2, -0.15) is 9.61 Å². The smallest absolute Gasteiger partial charge is 0.165 e. The van der Waals surface area contributed by atoms with Gasteiger partial charge in [0, 0.05) is 18.3 Å². The van der Waals surface area contributed by atoms with Crippen LogP contribution in [-0.4, -0.2) is 14.6 Å². The van der Waals surface area contributed by atoms with Crippen molar-refractivity contribution in [3.8, 4) is 11.1 Å². The summed E-state index contributed by atoms with van der Waals surface area (Å²) in [5.41, 5.74) is 4.24. The Morgan fingerprint density at radius 3 is 2.39 bits per heavy atom. The molecule has 0 amide bonds. The molecule has 0 fully saturated rings. The van der Waals surface area contributed by atoms with Gasteiger partial charge in [-0.1, -0.05) is 60.7 Å². The summed E-state index contributed by atoms with van der Waals surface area (Å²) in [6.45, 7) is 0.750. The van der Waals surface area contributed by atoms with Crippen molar-refractivity contribution < 1.29 is 0 Å². The Morgan fingerprint density at radius 2 is 1.61 bits per heavy atom. The van der Waals surface area contributed by atoms with Crippen LogP contribution in [0.1, 0.15) is 5.56 Å². The zero-order chi connectivity index (χ0) is 15.5. The highest BCUT2D eigenvalue weighted by atomic mass is 15.3. The van der Waals surface area contributed by atoms with Gasteiger partial charge in [-0.05, 0) is 17.2 Å². The number of benzene rings is 2. The Labute approximate surface area is 134 Å². The van der Waals surface area contributed by atoms with Gasteiger partial charge in [0.15, 0.2) is 5.65 Å². The van der Waals surface area contributed by atoms with Crippen molar-refractivity contribution in [1.82, 2.24) is 14.6 Å². The SMILES string of the molecule is c1ccc(CNc2ccnc3c(-c4ccccc4)cnn23)cc1. The summed E-state index contributed by atoms with van der Waals surface area (Å²) in [4.78, 5) is 4.49. The Bertz CT molecular complexity index is 914. The van der Waals surface area contributed by atoms with Crippen molar-refractivity contribution in [2.75, 3.05) is 5.32 Å². The Hall–Kier alpha value is -3.14. The third-order valence-corrected chi connectivity index (χ3v) is 3.80. The van der Waals surface area contributed by atoms with Crippen LogP contribution in [0.5, 0.6) is 0 Å². The molecule has 2 heterocycles. The lowest BCUT2D eigenvalue weighted by atomic mass is 10.1. The molecule has 0 unspecified atom stereocenters. The van der Waals surface area contributed by atoms with E-state index in [9.17, 15) is 0 Å². The second-order valence-electron chi connectivity index (χ2n) is 5.33. The predicted molar refractivity (Wildman–Crippen MR) is 92.2 cm³/mol. The number of nitrogens with zero attached hydrogens (tertiary/aromatic N) is 3. The average Bonchev–Trinajstić information content (AvgIpc) is 3.06. The van der Waals surface area contributed by atoms with Crippen LogP contribution >= 0.6 is 0 Å². The molecule has 0 radical (unpaired) electrons. The van der Waals surface area contributed by atoms with E-state index in [1.807, 2.05) is 59.4 Å². The summed E-state index contributed by atoms with van der Waals surface area (Å²) in [5, 5.41) is 7.93. The van der Waals surface area contributed by atoms with Crippen LogP contribution in [0.25, 0.3) is 16.8 Å². The largest absolute Gasteiger partial charge is 0.366 e. The predicted octanol–water partition coefficient (Wildman–Crippen LogP) is 4.01. The standard InChI is InChI=1S/C19H16N4/c1-3-7-15(8-4-1)13-21-18-11-12-20-19-17(14-22-23(18)19)16-9-5-2-6-10-16/h1-12,14,21H,13H2. The molecule has 4 heteroatoms. The maximum absolute atomic E-state index is 4.50. The highest BCUT2D eigenvalue weighted by molar-refractivity contribution is 5.77. The van der Waals surface area contributed by atoms with E-state index in [1.54, 1.807) is 0 Å². The molecule has 2 aromatic carbocycles. The summed E-state index contributed by atoms with van der Waals surface area (Å²) in [5.74, 6) is 0.932. The first-order valence-corrected chi connectivity index (χ1v) is 7.58. The lowest BCUT2D eigenvalue weighted by molar-refractivity contribution is 0.925. The van der Waals surface area contributed by atoms with E-state index in [0.717, 1.165) is 29.1 Å². The Morgan fingerprint density at radius 1 is 0.870 bits per heavy atom. The van der Waals surface area contributed by atoms with Crippen molar-refractivity contribution >= 4 is 11.5 Å². The molecule has 1 N–H and O–H groups in total. The Kier molecular flexibility index (Phi) is 3.48. The minimum atomic E-state index is 0.750. The molecule has 4 nitrogen and oxygen atoms in total. The van der Waals surface area contributed by atoms with E-state index >= 15 is 0 Å². The number of anilines is 1. The van der Waals surface area contributed by atoms with Crippen LogP contribution in [0.15, 0.2) is 79.1 Å². The van der Waals surface area contributed by atoms with Crippen LogP contribution in [0.3, 0.4) is 0 Å². The number of rotatable bonds is 4. The first-order chi connectivity index (χ1) is 11.4. The zero-order valence-corrected chi connectivity index (χ0v) is 12.6. The lowest BCUT2D eigenvalue weighted by Gasteiger charge is -2.08. The highest BCUT2D eigenvalue weighted by Crippen LogP contribution is 2.24. The molecule has 112 valence electrons. The third-order valence-electron chi connectivity index (χ3n) is 3.80. The minimum absolute atomic E-state index is 0.750. The summed E-state index contributed by atoms with van der Waals surface area (Å²) >= 11 is 0. The number of hydrogen-bond acceptors (Lipinski definition) is 3. The molecule has 23 heavy (non-hydrogen) atoms. The molecule has 0 aliphatic heterocycles. The fourth-order valence-electron chi connectivity index (χ4n) is 2.64. The monoisotopic (exact) mass is 300 g/mol. The van der Waals surface area contributed by atoms with E-state index in [0.29, 0.717) is 0 Å². The normalized spacial score (nSPS) is 10.8. The molecule has 0 aliphatic carbocycles. The molecule has 0 saturated heterocycles. The van der Waals surface area contributed by atoms with Gasteiger partial charge in [-0.25, -0.2) is 4.98 Å². The molecule has 4 aromatic rings. The highest BCUT2D eigenvalue weighted by Gasteiger charge is 2.10. The van der Waals surface area contributed by atoms with E-state index in [4.69, 9.17) is 0 Å². The Balaban J connectivity index is 1.68. The molecule has 4 rings (SSSR count). The summed E-state index contributed by atoms with van der Waals surface area (Å²) in [6, 6.07) is 22.5. The molecule has 2 aromatic heterocycles. The molecule has 0 spiro atoms. The molecule has 0 aliphatic rings. The van der Waals surface area contributed by atoms with Gasteiger partial charge in [0.2, 0.25) is 0 Å². The van der Waals surface area contributed by atoms with Crippen LogP contribution in [-0.2, 0) is 6.54 Å². The maximum Gasteiger partial charge on any atom is 0.165 e. The third kappa shape index (κ3) is 2.66. The van der Waals surface area contributed by atoms with E-state index in [2.05, 4.69) is 39.7 Å². The van der Waals surface area contributed by atoms with E-state index < -0.39 is 0 Å². The minimum Gasteiger partial charge on any atom is -0.366 e. The van der Waals surface area contributed by atoms with Crippen molar-refractivity contribution in [1.29, 1.82) is 0 Å². The first kappa shape index (κ1) is 13.5. The molecule has 0 atom stereocenters. The van der Waals surface area contributed by atoms with Gasteiger partial charge in [-0.15, -0.1) is 0 Å². The van der Waals surface area contributed by atoms with Gasteiger partial charge in [-0.3, -0.25) is 0 Å². The topological polar surface area (TPSA) is 42.2 Å². The average molecular weight is 300 g/mol. The summed E-state index contributed by atoms with van der Waals surface area (Å²) in [6.07, 6.45) is 3.68. The quantitative estimate of drug-likeness (QED) is 0.619. The van der Waals surface area contributed by atoms with Crippen LogP contribution in [0, 0.1) is 0 Å². The number of nitrogens with one attached hydrogen (secondary N) is 1. The number of fused-ring (bicyclic) bond motifs is 1. The van der Waals surface area contributed by atoms with Gasteiger partial charge >= 0.3 is 0 Å². The molecular weight excluding hydrogens is 284 g/mol. The van der Waals surface area contributed by atoms with Crippen molar-refractivity contribution in [2.24, 2.45) is 0 Å². The van der Waals surface area contributed by atoms with Gasteiger partial charge < -0.3 is 5.32 Å². The van der Waals surface area contributed by atoms with Crippen molar-refractivity contribution in [2.45, 2.75) is 6.54 Å².